The molecular weight excluding hydrogens is 433 g/mol. The van der Waals surface area contributed by atoms with E-state index in [0.717, 1.165) is 10.5 Å². The summed E-state index contributed by atoms with van der Waals surface area (Å²) < 4.78 is 42.1. The second-order valence-corrected chi connectivity index (χ2v) is 7.84. The third kappa shape index (κ3) is 6.22. The Morgan fingerprint density at radius 3 is 2.19 bits per heavy atom. The number of carboxylic acid groups (broad SMARTS) is 1. The number of halogens is 3. The summed E-state index contributed by atoms with van der Waals surface area (Å²) in [4.78, 5) is 14.4. The smallest absolute Gasteiger partial charge is 0.476 e. The van der Waals surface area contributed by atoms with Crippen molar-refractivity contribution >= 4 is 17.7 Å². The normalized spacial score (nSPS) is 11.7. The highest BCUT2D eigenvalue weighted by Crippen LogP contribution is 2.31. The molecule has 3 aromatic rings. The van der Waals surface area contributed by atoms with E-state index in [4.69, 9.17) is 0 Å². The number of hydrogen-bond acceptors (Lipinski definition) is 6. The first-order chi connectivity index (χ1) is 14.6. The van der Waals surface area contributed by atoms with Crippen LogP contribution < -0.4 is 4.74 Å². The van der Waals surface area contributed by atoms with Gasteiger partial charge >= 0.3 is 12.3 Å². The standard InChI is InChI=1S/C20H19F3N4O3S/c1-26(2)11-12-27-17(19(28)29)18(24-25-27)31-16-9-5-14(6-10-16)13-3-7-15(8-4-13)30-20(21,22)23/h3-10H,11-12H2,1-2H3,(H,28,29). The lowest BCUT2D eigenvalue weighted by molar-refractivity contribution is -0.274. The molecule has 2 aromatic carbocycles. The molecule has 3 rings (SSSR count). The summed E-state index contributed by atoms with van der Waals surface area (Å²) in [5.74, 6) is -1.40. The molecule has 0 spiro atoms. The van der Waals surface area contributed by atoms with Gasteiger partial charge in [0.25, 0.3) is 0 Å². The lowest BCUT2D eigenvalue weighted by Crippen LogP contribution is -2.21. The number of carboxylic acids is 1. The molecule has 0 amide bonds. The van der Waals surface area contributed by atoms with Gasteiger partial charge in [0.1, 0.15) is 5.75 Å². The Bertz CT molecular complexity index is 1040. The van der Waals surface area contributed by atoms with Crippen LogP contribution in [-0.4, -0.2) is 58.0 Å². The number of carbonyl (C=O) groups is 1. The molecule has 0 fully saturated rings. The lowest BCUT2D eigenvalue weighted by Gasteiger charge is -2.10. The summed E-state index contributed by atoms with van der Waals surface area (Å²) >= 11 is 1.18. The van der Waals surface area contributed by atoms with Gasteiger partial charge in [-0.25, -0.2) is 9.48 Å². The molecule has 31 heavy (non-hydrogen) atoms. The van der Waals surface area contributed by atoms with Crippen molar-refractivity contribution in [2.75, 3.05) is 20.6 Å². The van der Waals surface area contributed by atoms with Gasteiger partial charge in [-0.15, -0.1) is 18.3 Å². The van der Waals surface area contributed by atoms with Gasteiger partial charge in [-0.2, -0.15) is 0 Å². The molecule has 11 heteroatoms. The van der Waals surface area contributed by atoms with E-state index in [1.165, 1.54) is 40.7 Å². The summed E-state index contributed by atoms with van der Waals surface area (Å²) in [7, 11) is 3.76. The minimum Gasteiger partial charge on any atom is -0.476 e. The average Bonchev–Trinajstić information content (AvgIpc) is 3.09. The molecule has 164 valence electrons. The molecule has 1 heterocycles. The highest BCUT2D eigenvalue weighted by Gasteiger charge is 2.31. The van der Waals surface area contributed by atoms with Gasteiger partial charge in [0.15, 0.2) is 10.7 Å². The van der Waals surface area contributed by atoms with E-state index < -0.39 is 12.3 Å². The molecular formula is C20H19F3N4O3S. The summed E-state index contributed by atoms with van der Waals surface area (Å²) in [6, 6.07) is 12.7. The molecule has 0 unspecified atom stereocenters. The fourth-order valence-corrected chi connectivity index (χ4v) is 3.56. The Morgan fingerprint density at radius 1 is 1.10 bits per heavy atom. The topological polar surface area (TPSA) is 80.5 Å². The molecule has 0 aliphatic rings. The van der Waals surface area contributed by atoms with E-state index >= 15 is 0 Å². The summed E-state index contributed by atoms with van der Waals surface area (Å²) in [5.41, 5.74) is 1.53. The van der Waals surface area contributed by atoms with Gasteiger partial charge < -0.3 is 14.7 Å². The number of aromatic carboxylic acids is 1. The van der Waals surface area contributed by atoms with E-state index in [1.807, 2.05) is 19.0 Å². The Balaban J connectivity index is 1.73. The Morgan fingerprint density at radius 2 is 1.68 bits per heavy atom. The molecule has 7 nitrogen and oxygen atoms in total. The minimum atomic E-state index is -4.73. The van der Waals surface area contributed by atoms with Gasteiger partial charge in [0.2, 0.25) is 0 Å². The molecule has 0 atom stereocenters. The van der Waals surface area contributed by atoms with E-state index in [-0.39, 0.29) is 16.5 Å². The highest BCUT2D eigenvalue weighted by atomic mass is 32.2. The minimum absolute atomic E-state index is 0.0242. The fourth-order valence-electron chi connectivity index (χ4n) is 2.70. The number of aromatic nitrogens is 3. The van der Waals surface area contributed by atoms with Gasteiger partial charge in [-0.05, 0) is 49.5 Å². The quantitative estimate of drug-likeness (QED) is 0.547. The van der Waals surface area contributed by atoms with E-state index in [0.29, 0.717) is 18.7 Å². The van der Waals surface area contributed by atoms with Crippen molar-refractivity contribution in [2.24, 2.45) is 0 Å². The molecule has 0 aliphatic heterocycles. The van der Waals surface area contributed by atoms with Crippen LogP contribution in [0.3, 0.4) is 0 Å². The van der Waals surface area contributed by atoms with Gasteiger partial charge in [-0.1, -0.05) is 41.2 Å². The number of likely N-dealkylation sites (N-methyl/N-ethyl adjacent to an activating group) is 1. The monoisotopic (exact) mass is 452 g/mol. The van der Waals surface area contributed by atoms with Crippen molar-refractivity contribution in [2.45, 2.75) is 22.8 Å². The summed E-state index contributed by atoms with van der Waals surface area (Å²) in [5, 5.41) is 17.8. The maximum atomic E-state index is 12.3. The van der Waals surface area contributed by atoms with Gasteiger partial charge in [0, 0.05) is 11.4 Å². The van der Waals surface area contributed by atoms with E-state index in [2.05, 4.69) is 15.0 Å². The number of hydrogen-bond donors (Lipinski definition) is 1. The number of rotatable bonds is 8. The second kappa shape index (κ2) is 9.40. The molecule has 0 saturated carbocycles. The molecule has 1 aromatic heterocycles. The average molecular weight is 452 g/mol. The number of nitrogens with zero attached hydrogens (tertiary/aromatic N) is 4. The third-order valence-corrected chi connectivity index (χ3v) is 5.13. The van der Waals surface area contributed by atoms with Crippen molar-refractivity contribution in [1.82, 2.24) is 19.9 Å². The lowest BCUT2D eigenvalue weighted by atomic mass is 10.1. The van der Waals surface area contributed by atoms with Crippen molar-refractivity contribution in [3.05, 3.63) is 54.2 Å². The van der Waals surface area contributed by atoms with Crippen LogP contribution >= 0.6 is 11.8 Å². The van der Waals surface area contributed by atoms with Crippen LogP contribution in [0.15, 0.2) is 58.5 Å². The predicted octanol–water partition coefficient (Wildman–Crippen LogP) is 4.25. The first kappa shape index (κ1) is 22.6. The molecule has 0 bridgehead atoms. The van der Waals surface area contributed by atoms with Gasteiger partial charge in [-0.3, -0.25) is 0 Å². The third-order valence-electron chi connectivity index (χ3n) is 4.16. The first-order valence-corrected chi connectivity index (χ1v) is 9.89. The SMILES string of the molecule is CN(C)CCn1nnc(Sc2ccc(-c3ccc(OC(F)(F)F)cc3)cc2)c1C(=O)O. The zero-order valence-electron chi connectivity index (χ0n) is 16.6. The Labute approximate surface area is 180 Å². The first-order valence-electron chi connectivity index (χ1n) is 9.08. The van der Waals surface area contributed by atoms with Crippen molar-refractivity contribution in [3.8, 4) is 16.9 Å². The number of ether oxygens (including phenoxy) is 1. The van der Waals surface area contributed by atoms with Crippen LogP contribution in [-0.2, 0) is 6.54 Å². The van der Waals surface area contributed by atoms with Crippen LogP contribution in [0, 0.1) is 0 Å². The molecule has 0 radical (unpaired) electrons. The van der Waals surface area contributed by atoms with Crippen LogP contribution in [0.25, 0.3) is 11.1 Å². The van der Waals surface area contributed by atoms with Gasteiger partial charge in [0.05, 0.1) is 6.54 Å². The van der Waals surface area contributed by atoms with Crippen molar-refractivity contribution < 1.29 is 27.8 Å². The molecule has 0 aliphatic carbocycles. The maximum absolute atomic E-state index is 12.3. The Kier molecular flexibility index (Phi) is 6.86. The number of alkyl halides is 3. The van der Waals surface area contributed by atoms with Crippen molar-refractivity contribution in [1.29, 1.82) is 0 Å². The van der Waals surface area contributed by atoms with E-state index in [1.54, 1.807) is 24.3 Å². The summed E-state index contributed by atoms with van der Waals surface area (Å²) in [6.45, 7) is 1.02. The van der Waals surface area contributed by atoms with E-state index in [9.17, 15) is 23.1 Å². The zero-order chi connectivity index (χ0) is 22.6. The van der Waals surface area contributed by atoms with Crippen LogP contribution in [0.1, 0.15) is 10.5 Å². The molecule has 0 saturated heterocycles. The largest absolute Gasteiger partial charge is 0.573 e. The molecule has 1 N–H and O–H groups in total. The highest BCUT2D eigenvalue weighted by molar-refractivity contribution is 7.99. The van der Waals surface area contributed by atoms with Crippen LogP contribution in [0.5, 0.6) is 5.75 Å². The second-order valence-electron chi connectivity index (χ2n) is 6.77. The zero-order valence-corrected chi connectivity index (χ0v) is 17.4. The maximum Gasteiger partial charge on any atom is 0.573 e. The van der Waals surface area contributed by atoms with Crippen LogP contribution in [0.4, 0.5) is 13.2 Å². The Hall–Kier alpha value is -3.05. The van der Waals surface area contributed by atoms with Crippen LogP contribution in [0.2, 0.25) is 0 Å². The van der Waals surface area contributed by atoms with Crippen molar-refractivity contribution in [3.63, 3.8) is 0 Å². The predicted molar refractivity (Wildman–Crippen MR) is 108 cm³/mol. The summed E-state index contributed by atoms with van der Waals surface area (Å²) in [6.07, 6.45) is -4.73. The fraction of sp³-hybridized carbons (Fsp3) is 0.250. The number of benzene rings is 2.